The average molecular weight is 365 g/mol. The minimum absolute atomic E-state index is 0.129. The summed E-state index contributed by atoms with van der Waals surface area (Å²) in [4.78, 5) is 23.9. The van der Waals surface area contributed by atoms with Gasteiger partial charge in [-0.25, -0.2) is 4.79 Å². The van der Waals surface area contributed by atoms with E-state index >= 15 is 0 Å². The van der Waals surface area contributed by atoms with Crippen LogP contribution in [0.2, 0.25) is 0 Å². The topological polar surface area (TPSA) is 68.5 Å². The highest BCUT2D eigenvalue weighted by atomic mass is 16.5. The van der Waals surface area contributed by atoms with Gasteiger partial charge in [-0.15, -0.1) is 0 Å². The molecule has 1 aromatic heterocycles. The predicted molar refractivity (Wildman–Crippen MR) is 107 cm³/mol. The van der Waals surface area contributed by atoms with Crippen LogP contribution in [0.1, 0.15) is 29.2 Å². The zero-order chi connectivity index (χ0) is 19.6. The second kappa shape index (κ2) is 7.66. The van der Waals surface area contributed by atoms with Gasteiger partial charge in [-0.05, 0) is 56.0 Å². The van der Waals surface area contributed by atoms with Gasteiger partial charge in [0.15, 0.2) is 6.61 Å². The van der Waals surface area contributed by atoms with Crippen molar-refractivity contribution in [1.82, 2.24) is 0 Å². The van der Waals surface area contributed by atoms with Crippen LogP contribution < -0.4 is 15.7 Å². The molecule has 3 rings (SSSR count). The van der Waals surface area contributed by atoms with Crippen LogP contribution in [0.3, 0.4) is 0 Å². The van der Waals surface area contributed by atoms with E-state index in [1.807, 2.05) is 45.9 Å². The first-order valence-electron chi connectivity index (χ1n) is 8.94. The van der Waals surface area contributed by atoms with Gasteiger partial charge in [0.25, 0.3) is 5.91 Å². The fraction of sp³-hybridized carbons (Fsp3) is 0.273. The van der Waals surface area contributed by atoms with Gasteiger partial charge in [-0.2, -0.15) is 0 Å². The van der Waals surface area contributed by atoms with Gasteiger partial charge in [0, 0.05) is 23.2 Å². The van der Waals surface area contributed by atoms with E-state index < -0.39 is 0 Å². The maximum absolute atomic E-state index is 12.3. The van der Waals surface area contributed by atoms with Crippen molar-refractivity contribution in [3.8, 4) is 5.75 Å². The molecule has 0 bridgehead atoms. The van der Waals surface area contributed by atoms with E-state index in [9.17, 15) is 9.59 Å². The number of hydrogen-bond donors (Lipinski definition) is 1. The van der Waals surface area contributed by atoms with Crippen molar-refractivity contribution in [3.63, 3.8) is 0 Å². The number of anilines is 1. The average Bonchev–Trinajstić information content (AvgIpc) is 2.61. The van der Waals surface area contributed by atoms with E-state index in [0.29, 0.717) is 11.3 Å². The second-order valence-corrected chi connectivity index (χ2v) is 6.71. The Balaban J connectivity index is 1.73. The summed E-state index contributed by atoms with van der Waals surface area (Å²) in [7, 11) is 0. The number of fused-ring (bicyclic) bond motifs is 1. The number of nitrogens with one attached hydrogen (secondary N) is 1. The second-order valence-electron chi connectivity index (χ2n) is 6.71. The first-order chi connectivity index (χ1) is 12.9. The normalized spacial score (nSPS) is 10.8. The van der Waals surface area contributed by atoms with Crippen molar-refractivity contribution in [3.05, 3.63) is 69.1 Å². The minimum Gasteiger partial charge on any atom is -0.484 e. The molecule has 0 spiro atoms. The number of amides is 1. The molecule has 2 aromatic carbocycles. The zero-order valence-electron chi connectivity index (χ0n) is 16.0. The van der Waals surface area contributed by atoms with Crippen LogP contribution in [0.4, 0.5) is 5.69 Å². The molecule has 0 aliphatic heterocycles. The summed E-state index contributed by atoms with van der Waals surface area (Å²) in [5.41, 5.74) is 4.99. The van der Waals surface area contributed by atoms with Crippen LogP contribution in [0, 0.1) is 20.8 Å². The van der Waals surface area contributed by atoms with Gasteiger partial charge in [0.2, 0.25) is 0 Å². The highest BCUT2D eigenvalue weighted by Crippen LogP contribution is 2.24. The van der Waals surface area contributed by atoms with Crippen LogP contribution >= 0.6 is 0 Å². The molecule has 0 saturated heterocycles. The summed E-state index contributed by atoms with van der Waals surface area (Å²) in [6.45, 7) is 7.81. The summed E-state index contributed by atoms with van der Waals surface area (Å²) in [5.74, 6) is 0.236. The maximum atomic E-state index is 12.3. The highest BCUT2D eigenvalue weighted by Gasteiger charge is 2.10. The number of aryl methyl sites for hydroxylation is 4. The van der Waals surface area contributed by atoms with E-state index in [1.54, 1.807) is 12.1 Å². The molecule has 1 amide bonds. The highest BCUT2D eigenvalue weighted by molar-refractivity contribution is 5.93. The Morgan fingerprint density at radius 2 is 1.78 bits per heavy atom. The molecular weight excluding hydrogens is 342 g/mol. The van der Waals surface area contributed by atoms with Crippen LogP contribution in [-0.2, 0) is 11.2 Å². The predicted octanol–water partition coefficient (Wildman–Crippen LogP) is 4.30. The molecule has 27 heavy (non-hydrogen) atoms. The molecule has 0 atom stereocenters. The van der Waals surface area contributed by atoms with Crippen LogP contribution in [0.5, 0.6) is 5.75 Å². The molecule has 5 nitrogen and oxygen atoms in total. The molecule has 1 N–H and O–H groups in total. The number of rotatable bonds is 5. The van der Waals surface area contributed by atoms with Crippen molar-refractivity contribution in [2.45, 2.75) is 34.1 Å². The summed E-state index contributed by atoms with van der Waals surface area (Å²) >= 11 is 0. The SMILES string of the molecule is CCc1cc(=O)oc2cc(OCC(=O)Nc3c(C)cc(C)cc3C)ccc12. The van der Waals surface area contributed by atoms with Crippen molar-refractivity contribution < 1.29 is 13.9 Å². The van der Waals surface area contributed by atoms with Gasteiger partial charge >= 0.3 is 5.63 Å². The Kier molecular flexibility index (Phi) is 5.31. The molecule has 140 valence electrons. The number of ether oxygens (including phenoxy) is 1. The van der Waals surface area contributed by atoms with Crippen molar-refractivity contribution in [1.29, 1.82) is 0 Å². The first-order valence-corrected chi connectivity index (χ1v) is 8.94. The Bertz CT molecular complexity index is 1040. The lowest BCUT2D eigenvalue weighted by Gasteiger charge is -2.13. The Labute approximate surface area is 158 Å². The zero-order valence-corrected chi connectivity index (χ0v) is 16.0. The molecule has 3 aromatic rings. The van der Waals surface area contributed by atoms with Gasteiger partial charge < -0.3 is 14.5 Å². The molecule has 1 heterocycles. The molecule has 5 heteroatoms. The van der Waals surface area contributed by atoms with E-state index in [2.05, 4.69) is 5.32 Å². The smallest absolute Gasteiger partial charge is 0.336 e. The quantitative estimate of drug-likeness (QED) is 0.685. The monoisotopic (exact) mass is 365 g/mol. The molecular formula is C22H23NO4. The molecule has 0 saturated carbocycles. The standard InChI is InChI=1S/C22H23NO4/c1-5-16-10-21(25)27-19-11-17(6-7-18(16)19)26-12-20(24)23-22-14(3)8-13(2)9-15(22)4/h6-11H,5,12H2,1-4H3,(H,23,24). The Hall–Kier alpha value is -3.08. The number of hydrogen-bond acceptors (Lipinski definition) is 4. The van der Waals surface area contributed by atoms with Crippen LogP contribution in [0.25, 0.3) is 11.0 Å². The van der Waals surface area contributed by atoms with Crippen molar-refractivity contribution >= 4 is 22.6 Å². The summed E-state index contributed by atoms with van der Waals surface area (Å²) in [5, 5.41) is 3.78. The molecule has 0 radical (unpaired) electrons. The lowest BCUT2D eigenvalue weighted by molar-refractivity contribution is -0.118. The van der Waals surface area contributed by atoms with Crippen molar-refractivity contribution in [2.24, 2.45) is 0 Å². The Morgan fingerprint density at radius 3 is 2.44 bits per heavy atom. The largest absolute Gasteiger partial charge is 0.484 e. The van der Waals surface area contributed by atoms with Gasteiger partial charge in [-0.3, -0.25) is 4.79 Å². The van der Waals surface area contributed by atoms with E-state index in [0.717, 1.165) is 39.7 Å². The number of carbonyl (C=O) groups is 1. The minimum atomic E-state index is -0.389. The number of benzene rings is 2. The maximum Gasteiger partial charge on any atom is 0.336 e. The van der Waals surface area contributed by atoms with Gasteiger partial charge in [0.1, 0.15) is 11.3 Å². The van der Waals surface area contributed by atoms with Crippen LogP contribution in [-0.4, -0.2) is 12.5 Å². The summed E-state index contributed by atoms with van der Waals surface area (Å²) in [6.07, 6.45) is 0.736. The fourth-order valence-corrected chi connectivity index (χ4v) is 3.29. The molecule has 0 aliphatic rings. The Morgan fingerprint density at radius 1 is 1.07 bits per heavy atom. The van der Waals surface area contributed by atoms with E-state index in [-0.39, 0.29) is 18.1 Å². The van der Waals surface area contributed by atoms with Gasteiger partial charge in [-0.1, -0.05) is 24.6 Å². The van der Waals surface area contributed by atoms with Crippen molar-refractivity contribution in [2.75, 3.05) is 11.9 Å². The third-order valence-corrected chi connectivity index (χ3v) is 4.49. The van der Waals surface area contributed by atoms with E-state index in [1.165, 1.54) is 6.07 Å². The molecule has 0 unspecified atom stereocenters. The lowest BCUT2D eigenvalue weighted by Crippen LogP contribution is -2.21. The van der Waals surface area contributed by atoms with E-state index in [4.69, 9.17) is 9.15 Å². The summed E-state index contributed by atoms with van der Waals surface area (Å²) < 4.78 is 10.8. The number of carbonyl (C=O) groups excluding carboxylic acids is 1. The first kappa shape index (κ1) is 18.7. The summed E-state index contributed by atoms with van der Waals surface area (Å²) in [6, 6.07) is 10.8. The lowest BCUT2D eigenvalue weighted by atomic mass is 10.1. The van der Waals surface area contributed by atoms with Crippen LogP contribution in [0.15, 0.2) is 45.6 Å². The fourth-order valence-electron chi connectivity index (χ4n) is 3.29. The third kappa shape index (κ3) is 4.19. The molecule has 0 fully saturated rings. The van der Waals surface area contributed by atoms with Gasteiger partial charge in [0.05, 0.1) is 0 Å². The molecule has 0 aliphatic carbocycles. The third-order valence-electron chi connectivity index (χ3n) is 4.49.